The molecule has 0 bridgehead atoms. The molecule has 3 rings (SSSR count). The van der Waals surface area contributed by atoms with Gasteiger partial charge in [-0.25, -0.2) is 4.99 Å². The van der Waals surface area contributed by atoms with Crippen LogP contribution in [0.25, 0.3) is 6.08 Å². The first-order valence-corrected chi connectivity index (χ1v) is 6.96. The topological polar surface area (TPSA) is 60.4 Å². The maximum absolute atomic E-state index is 12.3. The molecule has 118 valence electrons. The highest BCUT2D eigenvalue weighted by atomic mass is 16.5. The minimum atomic E-state index is -0.172. The number of hydrogen-bond donors (Lipinski definition) is 0. The third kappa shape index (κ3) is 2.59. The van der Waals surface area contributed by atoms with Gasteiger partial charge in [0, 0.05) is 6.20 Å². The Morgan fingerprint density at radius 2 is 1.74 bits per heavy atom. The second kappa shape index (κ2) is 6.00. The molecule has 0 saturated carbocycles. The molecule has 0 radical (unpaired) electrons. The monoisotopic (exact) mass is 312 g/mol. The molecule has 1 aromatic carbocycles. The minimum Gasteiger partial charge on any atom is -0.493 e. The SMILES string of the molecule is COc1cc(/C=C2\N=C3C=CC=CN3C2=O)cc(OC)c1OC. The van der Waals surface area contributed by atoms with Crippen LogP contribution in [0.3, 0.4) is 0 Å². The van der Waals surface area contributed by atoms with E-state index in [0.717, 1.165) is 5.56 Å². The van der Waals surface area contributed by atoms with Gasteiger partial charge in [0.25, 0.3) is 5.91 Å². The number of amides is 1. The Balaban J connectivity index is 2.03. The molecule has 23 heavy (non-hydrogen) atoms. The van der Waals surface area contributed by atoms with Crippen LogP contribution >= 0.6 is 0 Å². The van der Waals surface area contributed by atoms with E-state index >= 15 is 0 Å². The summed E-state index contributed by atoms with van der Waals surface area (Å²) in [7, 11) is 4.64. The Kier molecular flexibility index (Phi) is 3.89. The lowest BCUT2D eigenvalue weighted by Gasteiger charge is -2.13. The van der Waals surface area contributed by atoms with Crippen LogP contribution in [-0.4, -0.2) is 38.0 Å². The van der Waals surface area contributed by atoms with Gasteiger partial charge < -0.3 is 14.2 Å². The fraction of sp³-hybridized carbons (Fsp3) is 0.176. The van der Waals surface area contributed by atoms with Crippen LogP contribution in [0.2, 0.25) is 0 Å². The highest BCUT2D eigenvalue weighted by Gasteiger charge is 2.28. The Hall–Kier alpha value is -3.02. The third-order valence-corrected chi connectivity index (χ3v) is 3.50. The third-order valence-electron chi connectivity index (χ3n) is 3.50. The normalized spacial score (nSPS) is 17.3. The Morgan fingerprint density at radius 1 is 1.04 bits per heavy atom. The average molecular weight is 312 g/mol. The molecule has 2 aliphatic rings. The van der Waals surface area contributed by atoms with E-state index in [2.05, 4.69) is 4.99 Å². The predicted octanol–water partition coefficient (Wildman–Crippen LogP) is 2.38. The summed E-state index contributed by atoms with van der Waals surface area (Å²) in [6, 6.07) is 3.54. The molecule has 0 spiro atoms. The number of methoxy groups -OCH3 is 3. The number of benzene rings is 1. The molecule has 0 saturated heterocycles. The van der Waals surface area contributed by atoms with E-state index in [-0.39, 0.29) is 5.91 Å². The van der Waals surface area contributed by atoms with Gasteiger partial charge in [0.15, 0.2) is 11.5 Å². The molecule has 6 nitrogen and oxygen atoms in total. The van der Waals surface area contributed by atoms with Crippen LogP contribution in [0.1, 0.15) is 5.56 Å². The van der Waals surface area contributed by atoms with Crippen LogP contribution in [-0.2, 0) is 4.79 Å². The van der Waals surface area contributed by atoms with Crippen LogP contribution < -0.4 is 14.2 Å². The second-order valence-corrected chi connectivity index (χ2v) is 4.83. The van der Waals surface area contributed by atoms with Gasteiger partial charge >= 0.3 is 0 Å². The highest BCUT2D eigenvalue weighted by Crippen LogP contribution is 2.39. The molecule has 0 aliphatic carbocycles. The first-order chi connectivity index (χ1) is 11.2. The number of rotatable bonds is 4. The molecule has 0 unspecified atom stereocenters. The largest absolute Gasteiger partial charge is 0.493 e. The first-order valence-electron chi connectivity index (χ1n) is 6.96. The molecule has 1 amide bonds. The number of fused-ring (bicyclic) bond motifs is 1. The van der Waals surface area contributed by atoms with Crippen LogP contribution in [0, 0.1) is 0 Å². The van der Waals surface area contributed by atoms with Crippen molar-refractivity contribution >= 4 is 17.8 Å². The van der Waals surface area contributed by atoms with E-state index in [0.29, 0.717) is 28.8 Å². The molecule has 1 aromatic rings. The Labute approximate surface area is 134 Å². The minimum absolute atomic E-state index is 0.172. The molecule has 2 heterocycles. The van der Waals surface area contributed by atoms with Gasteiger partial charge in [-0.05, 0) is 35.9 Å². The number of carbonyl (C=O) groups is 1. The number of nitrogens with zero attached hydrogens (tertiary/aromatic N) is 2. The molecular weight excluding hydrogens is 296 g/mol. The van der Waals surface area contributed by atoms with Gasteiger partial charge in [0.05, 0.1) is 21.3 Å². The van der Waals surface area contributed by atoms with E-state index < -0.39 is 0 Å². The van der Waals surface area contributed by atoms with E-state index in [9.17, 15) is 4.79 Å². The van der Waals surface area contributed by atoms with Crippen LogP contribution in [0.15, 0.2) is 47.3 Å². The van der Waals surface area contributed by atoms with Crippen molar-refractivity contribution in [2.45, 2.75) is 0 Å². The maximum Gasteiger partial charge on any atom is 0.282 e. The zero-order valence-corrected chi connectivity index (χ0v) is 13.1. The van der Waals surface area contributed by atoms with Crippen molar-refractivity contribution < 1.29 is 19.0 Å². The van der Waals surface area contributed by atoms with Gasteiger partial charge in [-0.15, -0.1) is 0 Å². The van der Waals surface area contributed by atoms with E-state index in [1.54, 1.807) is 57.9 Å². The van der Waals surface area contributed by atoms with Gasteiger partial charge in [0.2, 0.25) is 5.75 Å². The van der Waals surface area contributed by atoms with Gasteiger partial charge in [-0.1, -0.05) is 6.08 Å². The number of hydrogen-bond acceptors (Lipinski definition) is 5. The number of aliphatic imine (C=N–C) groups is 1. The van der Waals surface area contributed by atoms with Crippen molar-refractivity contribution in [1.29, 1.82) is 0 Å². The second-order valence-electron chi connectivity index (χ2n) is 4.83. The van der Waals surface area contributed by atoms with Gasteiger partial charge in [0.1, 0.15) is 11.5 Å². The lowest BCUT2D eigenvalue weighted by atomic mass is 10.1. The lowest BCUT2D eigenvalue weighted by Crippen LogP contribution is -2.26. The summed E-state index contributed by atoms with van der Waals surface area (Å²) in [5, 5.41) is 0. The molecule has 0 N–H and O–H groups in total. The molecule has 0 aromatic heterocycles. The van der Waals surface area contributed by atoms with Crippen molar-refractivity contribution in [3.8, 4) is 17.2 Å². The Morgan fingerprint density at radius 3 is 2.30 bits per heavy atom. The lowest BCUT2D eigenvalue weighted by molar-refractivity contribution is -0.120. The summed E-state index contributed by atoms with van der Waals surface area (Å²) < 4.78 is 15.9. The fourth-order valence-electron chi connectivity index (χ4n) is 2.43. The van der Waals surface area contributed by atoms with Crippen molar-refractivity contribution in [1.82, 2.24) is 4.90 Å². The molecule has 0 atom stereocenters. The summed E-state index contributed by atoms with van der Waals surface area (Å²) in [4.78, 5) is 18.2. The van der Waals surface area contributed by atoms with Crippen molar-refractivity contribution in [2.24, 2.45) is 4.99 Å². The van der Waals surface area contributed by atoms with Gasteiger partial charge in [-0.3, -0.25) is 9.69 Å². The van der Waals surface area contributed by atoms with E-state index in [1.807, 2.05) is 6.08 Å². The summed E-state index contributed by atoms with van der Waals surface area (Å²) in [6.45, 7) is 0. The molecule has 6 heteroatoms. The van der Waals surface area contributed by atoms with Crippen LogP contribution in [0.5, 0.6) is 17.2 Å². The summed E-state index contributed by atoms with van der Waals surface area (Å²) in [6.07, 6.45) is 8.80. The zero-order chi connectivity index (χ0) is 16.4. The summed E-state index contributed by atoms with van der Waals surface area (Å²) in [5.41, 5.74) is 1.09. The van der Waals surface area contributed by atoms with E-state index in [1.165, 1.54) is 4.90 Å². The van der Waals surface area contributed by atoms with E-state index in [4.69, 9.17) is 14.2 Å². The number of allylic oxidation sites excluding steroid dienone is 2. The molecular formula is C17H16N2O4. The number of ether oxygens (including phenoxy) is 3. The number of amidine groups is 1. The summed E-state index contributed by atoms with van der Waals surface area (Å²) in [5.74, 6) is 1.98. The fourth-order valence-corrected chi connectivity index (χ4v) is 2.43. The van der Waals surface area contributed by atoms with Crippen molar-refractivity contribution in [3.63, 3.8) is 0 Å². The maximum atomic E-state index is 12.3. The standard InChI is InChI=1S/C17H16N2O4/c1-21-13-9-11(10-14(22-2)16(13)23-3)8-12-17(20)19-7-5-4-6-15(19)18-12/h4-10H,1-3H3/b12-8-. The average Bonchev–Trinajstić information content (AvgIpc) is 2.90. The number of carbonyl (C=O) groups excluding carboxylic acids is 1. The quantitative estimate of drug-likeness (QED) is 0.801. The predicted molar refractivity (Wildman–Crippen MR) is 86.6 cm³/mol. The first kappa shape index (κ1) is 14.9. The highest BCUT2D eigenvalue weighted by molar-refractivity contribution is 6.19. The van der Waals surface area contributed by atoms with Crippen molar-refractivity contribution in [2.75, 3.05) is 21.3 Å². The van der Waals surface area contributed by atoms with Crippen LogP contribution in [0.4, 0.5) is 0 Å². The zero-order valence-electron chi connectivity index (χ0n) is 13.1. The van der Waals surface area contributed by atoms with Gasteiger partial charge in [-0.2, -0.15) is 0 Å². The Bertz CT molecular complexity index is 750. The molecule has 0 fully saturated rings. The smallest absolute Gasteiger partial charge is 0.282 e. The summed E-state index contributed by atoms with van der Waals surface area (Å²) >= 11 is 0. The van der Waals surface area contributed by atoms with Crippen molar-refractivity contribution in [3.05, 3.63) is 47.8 Å². The molecule has 2 aliphatic heterocycles.